The van der Waals surface area contributed by atoms with E-state index in [1.54, 1.807) is 12.4 Å². The van der Waals surface area contributed by atoms with Gasteiger partial charge in [0.2, 0.25) is 0 Å². The molecule has 0 radical (unpaired) electrons. The quantitative estimate of drug-likeness (QED) is 0.632. The van der Waals surface area contributed by atoms with Gasteiger partial charge < -0.3 is 4.74 Å². The van der Waals surface area contributed by atoms with E-state index < -0.39 is 0 Å². The number of hydrogen-bond acceptors (Lipinski definition) is 5. The number of nitrogens with one attached hydrogen (secondary N) is 1. The third-order valence-corrected chi connectivity index (χ3v) is 2.67. The average molecular weight is 258 g/mol. The molecule has 19 heavy (non-hydrogen) atoms. The van der Waals surface area contributed by atoms with Gasteiger partial charge in [0.15, 0.2) is 0 Å². The number of benzene rings is 1. The molecule has 2 rings (SSSR count). The summed E-state index contributed by atoms with van der Waals surface area (Å²) in [4.78, 5) is 8.01. The van der Waals surface area contributed by atoms with E-state index in [1.165, 1.54) is 6.33 Å². The molecule has 5 heteroatoms. The van der Waals surface area contributed by atoms with Crippen LogP contribution < -0.4 is 16.0 Å². The summed E-state index contributed by atoms with van der Waals surface area (Å²) in [7, 11) is 0. The lowest BCUT2D eigenvalue weighted by Gasteiger charge is -2.17. The molecule has 1 heterocycles. The van der Waals surface area contributed by atoms with E-state index in [0.717, 1.165) is 16.9 Å². The van der Waals surface area contributed by atoms with Crippen molar-refractivity contribution in [2.24, 2.45) is 5.84 Å². The predicted molar refractivity (Wildman–Crippen MR) is 73.4 cm³/mol. The van der Waals surface area contributed by atoms with Gasteiger partial charge in [-0.05, 0) is 31.5 Å². The van der Waals surface area contributed by atoms with Gasteiger partial charge in [0, 0.05) is 18.0 Å². The van der Waals surface area contributed by atoms with Crippen LogP contribution in [0.3, 0.4) is 0 Å². The summed E-state index contributed by atoms with van der Waals surface area (Å²) in [6.07, 6.45) is 5.15. The Morgan fingerprint density at radius 3 is 2.21 bits per heavy atom. The molecule has 0 bridgehead atoms. The van der Waals surface area contributed by atoms with E-state index in [4.69, 9.17) is 10.6 Å². The molecule has 1 aromatic carbocycles. The van der Waals surface area contributed by atoms with Crippen molar-refractivity contribution in [3.63, 3.8) is 0 Å². The number of nitrogens with zero attached hydrogens (tertiary/aromatic N) is 2. The monoisotopic (exact) mass is 258 g/mol. The highest BCUT2D eigenvalue weighted by Crippen LogP contribution is 2.22. The molecule has 0 aliphatic carbocycles. The number of ether oxygens (including phenoxy) is 1. The van der Waals surface area contributed by atoms with E-state index in [9.17, 15) is 0 Å². The van der Waals surface area contributed by atoms with Gasteiger partial charge in [-0.25, -0.2) is 15.4 Å². The van der Waals surface area contributed by atoms with Crippen molar-refractivity contribution in [2.75, 3.05) is 0 Å². The van der Waals surface area contributed by atoms with Crippen LogP contribution in [0.15, 0.2) is 43.0 Å². The van der Waals surface area contributed by atoms with E-state index in [-0.39, 0.29) is 12.1 Å². The fraction of sp³-hybridized carbons (Fsp3) is 0.286. The van der Waals surface area contributed by atoms with Crippen molar-refractivity contribution in [2.45, 2.75) is 26.0 Å². The normalized spacial score (nSPS) is 12.4. The summed E-state index contributed by atoms with van der Waals surface area (Å²) in [5.74, 6) is 6.46. The molecule has 100 valence electrons. The fourth-order valence-electron chi connectivity index (χ4n) is 1.86. The average Bonchev–Trinajstić information content (AvgIpc) is 2.42. The molecule has 0 saturated heterocycles. The second kappa shape index (κ2) is 6.26. The van der Waals surface area contributed by atoms with E-state index in [1.807, 2.05) is 38.1 Å². The lowest BCUT2D eigenvalue weighted by Crippen LogP contribution is -2.29. The molecule has 1 aromatic heterocycles. The smallest absolute Gasteiger partial charge is 0.119 e. The van der Waals surface area contributed by atoms with Gasteiger partial charge in [-0.2, -0.15) is 0 Å². The molecule has 0 saturated carbocycles. The summed E-state index contributed by atoms with van der Waals surface area (Å²) >= 11 is 0. The first-order valence-electron chi connectivity index (χ1n) is 6.18. The maximum atomic E-state index is 5.62. The molecule has 3 N–H and O–H groups in total. The minimum absolute atomic E-state index is 0.130. The summed E-state index contributed by atoms with van der Waals surface area (Å²) in [5, 5.41) is 0. The maximum absolute atomic E-state index is 5.62. The van der Waals surface area contributed by atoms with Crippen molar-refractivity contribution in [3.8, 4) is 5.75 Å². The molecule has 0 amide bonds. The van der Waals surface area contributed by atoms with Crippen molar-refractivity contribution < 1.29 is 4.74 Å². The zero-order chi connectivity index (χ0) is 13.7. The van der Waals surface area contributed by atoms with E-state index in [0.29, 0.717) is 0 Å². The van der Waals surface area contributed by atoms with Gasteiger partial charge in [0.05, 0.1) is 12.1 Å². The zero-order valence-corrected chi connectivity index (χ0v) is 11.1. The number of hydrogen-bond donors (Lipinski definition) is 2. The van der Waals surface area contributed by atoms with Gasteiger partial charge in [0.1, 0.15) is 12.1 Å². The molecule has 0 aliphatic heterocycles. The molecular weight excluding hydrogens is 240 g/mol. The molecule has 5 nitrogen and oxygen atoms in total. The van der Waals surface area contributed by atoms with Gasteiger partial charge in [-0.3, -0.25) is 5.84 Å². The predicted octanol–water partition coefficient (Wildman–Crippen LogP) is 1.82. The maximum Gasteiger partial charge on any atom is 0.119 e. The SMILES string of the molecule is CC(C)Oc1ccc(C(NN)c2cncnc2)cc1. The zero-order valence-electron chi connectivity index (χ0n) is 11.1. The molecule has 0 aliphatic rings. The van der Waals surface area contributed by atoms with Crippen LogP contribution in [-0.2, 0) is 0 Å². The first-order valence-corrected chi connectivity index (χ1v) is 6.18. The lowest BCUT2D eigenvalue weighted by molar-refractivity contribution is 0.242. The van der Waals surface area contributed by atoms with Crippen LogP contribution in [0.4, 0.5) is 0 Å². The van der Waals surface area contributed by atoms with Crippen molar-refractivity contribution >= 4 is 0 Å². The number of hydrazine groups is 1. The van der Waals surface area contributed by atoms with Crippen molar-refractivity contribution in [1.82, 2.24) is 15.4 Å². The van der Waals surface area contributed by atoms with Crippen LogP contribution in [0.1, 0.15) is 31.0 Å². The Hall–Kier alpha value is -1.98. The minimum Gasteiger partial charge on any atom is -0.491 e. The van der Waals surface area contributed by atoms with Gasteiger partial charge in [-0.1, -0.05) is 12.1 Å². The van der Waals surface area contributed by atoms with Crippen LogP contribution in [0.5, 0.6) is 5.75 Å². The highest BCUT2D eigenvalue weighted by molar-refractivity contribution is 5.33. The van der Waals surface area contributed by atoms with Crippen molar-refractivity contribution in [1.29, 1.82) is 0 Å². The Kier molecular flexibility index (Phi) is 4.43. The van der Waals surface area contributed by atoms with Crippen LogP contribution in [-0.4, -0.2) is 16.1 Å². The Labute approximate surface area is 112 Å². The summed E-state index contributed by atoms with van der Waals surface area (Å²) in [6, 6.07) is 7.70. The Bertz CT molecular complexity index is 499. The lowest BCUT2D eigenvalue weighted by atomic mass is 10.0. The van der Waals surface area contributed by atoms with Crippen LogP contribution >= 0.6 is 0 Å². The summed E-state index contributed by atoms with van der Waals surface area (Å²) < 4.78 is 5.61. The highest BCUT2D eigenvalue weighted by Gasteiger charge is 2.12. The first kappa shape index (κ1) is 13.5. The van der Waals surface area contributed by atoms with Crippen LogP contribution in [0, 0.1) is 0 Å². The number of nitrogens with two attached hydrogens (primary N) is 1. The third kappa shape index (κ3) is 3.49. The van der Waals surface area contributed by atoms with E-state index in [2.05, 4.69) is 15.4 Å². The molecule has 1 atom stereocenters. The van der Waals surface area contributed by atoms with Crippen molar-refractivity contribution in [3.05, 3.63) is 54.1 Å². The summed E-state index contributed by atoms with van der Waals surface area (Å²) in [5.41, 5.74) is 4.73. The fourth-order valence-corrected chi connectivity index (χ4v) is 1.86. The molecule has 2 aromatic rings. The molecule has 1 unspecified atom stereocenters. The Morgan fingerprint density at radius 2 is 1.68 bits per heavy atom. The standard InChI is InChI=1S/C14H18N4O/c1-10(2)19-13-5-3-11(4-6-13)14(18-15)12-7-16-9-17-8-12/h3-10,14,18H,15H2,1-2H3. The van der Waals surface area contributed by atoms with Crippen LogP contribution in [0.25, 0.3) is 0 Å². The van der Waals surface area contributed by atoms with Gasteiger partial charge in [0.25, 0.3) is 0 Å². The Balaban J connectivity index is 2.20. The first-order chi connectivity index (χ1) is 9.20. The second-order valence-corrected chi connectivity index (χ2v) is 4.51. The molecular formula is C14H18N4O. The van der Waals surface area contributed by atoms with Gasteiger partial charge >= 0.3 is 0 Å². The topological polar surface area (TPSA) is 73.1 Å². The Morgan fingerprint density at radius 1 is 1.05 bits per heavy atom. The van der Waals surface area contributed by atoms with Gasteiger partial charge in [-0.15, -0.1) is 0 Å². The van der Waals surface area contributed by atoms with E-state index >= 15 is 0 Å². The largest absolute Gasteiger partial charge is 0.491 e. The third-order valence-electron chi connectivity index (χ3n) is 2.67. The number of aromatic nitrogens is 2. The minimum atomic E-state index is -0.130. The van der Waals surface area contributed by atoms with Crippen LogP contribution in [0.2, 0.25) is 0 Å². The second-order valence-electron chi connectivity index (χ2n) is 4.51. The molecule has 0 fully saturated rings. The number of rotatable bonds is 5. The highest BCUT2D eigenvalue weighted by atomic mass is 16.5. The molecule has 0 spiro atoms. The summed E-state index contributed by atoms with van der Waals surface area (Å²) in [6.45, 7) is 4.00.